The van der Waals surface area contributed by atoms with Gasteiger partial charge >= 0.3 is 0 Å². The van der Waals surface area contributed by atoms with Gasteiger partial charge in [-0.1, -0.05) is 31.2 Å². The van der Waals surface area contributed by atoms with Gasteiger partial charge in [0.05, 0.1) is 18.5 Å². The summed E-state index contributed by atoms with van der Waals surface area (Å²) < 4.78 is 35.5. The molecule has 4 rings (SSSR count). The molecule has 2 aliphatic heterocycles. The highest BCUT2D eigenvalue weighted by atomic mass is 19.1. The summed E-state index contributed by atoms with van der Waals surface area (Å²) in [6, 6.07) is 7.91. The number of rotatable bonds is 11. The molecule has 0 aliphatic carbocycles. The molecule has 1 aromatic heterocycles. The highest BCUT2D eigenvalue weighted by molar-refractivity contribution is 5.60. The largest absolute Gasteiger partial charge is 0.492 e. The van der Waals surface area contributed by atoms with Gasteiger partial charge in [0.1, 0.15) is 29.5 Å². The van der Waals surface area contributed by atoms with Crippen molar-refractivity contribution >= 4 is 0 Å². The van der Waals surface area contributed by atoms with E-state index in [-0.39, 0.29) is 11.6 Å². The lowest BCUT2D eigenvalue weighted by molar-refractivity contribution is 0.0154. The maximum absolute atomic E-state index is 14.8. The molecule has 2 saturated heterocycles. The second-order valence-electron chi connectivity index (χ2n) is 10.4. The van der Waals surface area contributed by atoms with Gasteiger partial charge in [0.2, 0.25) is 0 Å². The fourth-order valence-corrected chi connectivity index (χ4v) is 5.20. The first-order valence-electron chi connectivity index (χ1n) is 13.4. The van der Waals surface area contributed by atoms with Crippen molar-refractivity contribution in [2.24, 2.45) is 11.1 Å². The van der Waals surface area contributed by atoms with Crippen LogP contribution in [0.5, 0.6) is 5.75 Å². The number of benzene rings is 1. The lowest BCUT2D eigenvalue weighted by atomic mass is 9.94. The quantitative estimate of drug-likeness (QED) is 0.407. The third kappa shape index (κ3) is 6.89. The van der Waals surface area contributed by atoms with Crippen LogP contribution < -0.4 is 4.74 Å². The van der Waals surface area contributed by atoms with E-state index >= 15 is 0 Å². The van der Waals surface area contributed by atoms with Gasteiger partial charge in [-0.15, -0.1) is 0 Å². The summed E-state index contributed by atoms with van der Waals surface area (Å²) >= 11 is 0. The van der Waals surface area contributed by atoms with Gasteiger partial charge in [-0.05, 0) is 69.3 Å². The number of piperidine rings is 1. The first kappa shape index (κ1) is 27.5. The second-order valence-corrected chi connectivity index (χ2v) is 10.4. The lowest BCUT2D eigenvalue weighted by Gasteiger charge is -2.36. The fourth-order valence-electron chi connectivity index (χ4n) is 5.20. The Kier molecular flexibility index (Phi) is 9.21. The summed E-state index contributed by atoms with van der Waals surface area (Å²) in [7, 11) is 0. The Morgan fingerprint density at radius 2 is 1.92 bits per heavy atom. The van der Waals surface area contributed by atoms with Crippen LogP contribution in [0, 0.1) is 16.6 Å². The Balaban J connectivity index is 1.27. The second kappa shape index (κ2) is 12.4. The Hall–Kier alpha value is -2.49. The molecule has 2 fully saturated rings. The Labute approximate surface area is 217 Å². The molecule has 1 unspecified atom stereocenters. The SMILES string of the molecule is CCC(F)(CC)CN1CCC(COc2ccc(-c3ccc(C(O)N4CC[C@H](N=O)C4)c(F)c3)nc2)CC1. The molecule has 9 heteroatoms. The number of aromatic nitrogens is 1. The number of hydrogen-bond acceptors (Lipinski definition) is 7. The molecule has 2 aromatic rings. The van der Waals surface area contributed by atoms with Crippen molar-refractivity contribution in [3.05, 3.63) is 52.8 Å². The Morgan fingerprint density at radius 3 is 2.51 bits per heavy atom. The summed E-state index contributed by atoms with van der Waals surface area (Å²) in [5.41, 5.74) is 0.285. The molecule has 0 bridgehead atoms. The third-order valence-electron chi connectivity index (χ3n) is 7.97. The van der Waals surface area contributed by atoms with Gasteiger partial charge in [-0.2, -0.15) is 4.91 Å². The van der Waals surface area contributed by atoms with E-state index in [1.807, 2.05) is 19.9 Å². The molecule has 7 nitrogen and oxygen atoms in total. The minimum Gasteiger partial charge on any atom is -0.492 e. The fraction of sp³-hybridized carbons (Fsp3) is 0.607. The number of pyridine rings is 1. The van der Waals surface area contributed by atoms with Crippen molar-refractivity contribution < 1.29 is 18.6 Å². The van der Waals surface area contributed by atoms with Crippen molar-refractivity contribution in [3.8, 4) is 17.0 Å². The van der Waals surface area contributed by atoms with Crippen LogP contribution >= 0.6 is 0 Å². The number of likely N-dealkylation sites (tertiary alicyclic amines) is 2. The predicted molar refractivity (Wildman–Crippen MR) is 139 cm³/mol. The molecular formula is C28H38F2N4O3. The number of alkyl halides is 1. The molecule has 0 spiro atoms. The number of halogens is 2. The van der Waals surface area contributed by atoms with Gasteiger partial charge in [0.25, 0.3) is 0 Å². The molecule has 2 atom stereocenters. The van der Waals surface area contributed by atoms with Crippen molar-refractivity contribution in [3.63, 3.8) is 0 Å². The van der Waals surface area contributed by atoms with E-state index in [0.717, 1.165) is 25.9 Å². The number of nitroso groups, excluding NO2 is 1. The van der Waals surface area contributed by atoms with Crippen LogP contribution in [0.15, 0.2) is 41.7 Å². The van der Waals surface area contributed by atoms with E-state index < -0.39 is 17.7 Å². The zero-order valence-electron chi connectivity index (χ0n) is 21.8. The van der Waals surface area contributed by atoms with Gasteiger partial charge in [-0.25, -0.2) is 8.78 Å². The summed E-state index contributed by atoms with van der Waals surface area (Å²) in [6.45, 7) is 7.53. The van der Waals surface area contributed by atoms with Crippen LogP contribution in [0.25, 0.3) is 11.3 Å². The zero-order chi connectivity index (χ0) is 26.4. The van der Waals surface area contributed by atoms with Crippen molar-refractivity contribution in [2.75, 3.05) is 39.3 Å². The zero-order valence-corrected chi connectivity index (χ0v) is 21.8. The van der Waals surface area contributed by atoms with E-state index in [2.05, 4.69) is 15.1 Å². The van der Waals surface area contributed by atoms with Gasteiger partial charge in [0, 0.05) is 30.8 Å². The molecule has 1 aromatic carbocycles. The van der Waals surface area contributed by atoms with Crippen molar-refractivity contribution in [1.29, 1.82) is 0 Å². The average molecular weight is 517 g/mol. The normalized spacial score (nSPS) is 20.7. The first-order valence-corrected chi connectivity index (χ1v) is 13.4. The van der Waals surface area contributed by atoms with Crippen LogP contribution in [0.4, 0.5) is 8.78 Å². The van der Waals surface area contributed by atoms with Gasteiger partial charge in [-0.3, -0.25) is 9.88 Å². The predicted octanol–water partition coefficient (Wildman–Crippen LogP) is 5.34. The lowest BCUT2D eigenvalue weighted by Crippen LogP contribution is -2.44. The molecular weight excluding hydrogens is 478 g/mol. The van der Waals surface area contributed by atoms with Crippen molar-refractivity contribution in [1.82, 2.24) is 14.8 Å². The summed E-state index contributed by atoms with van der Waals surface area (Å²) in [5, 5.41) is 13.6. The number of aliphatic hydroxyl groups is 1. The monoisotopic (exact) mass is 516 g/mol. The highest BCUT2D eigenvalue weighted by Crippen LogP contribution is 2.30. The topological polar surface area (TPSA) is 78.3 Å². The standard InChI is InChI=1S/C28H38F2N4O3/c1-3-28(30,4-2)19-33-12-9-20(10-13-33)18-37-23-6-8-26(31-16-23)21-5-7-24(25(29)15-21)27(35)34-14-11-22(17-34)32-36/h5-8,15-16,20,22,27,35H,3-4,9-14,17-19H2,1-2H3/t22-,27?/m0/s1. The number of aliphatic hydroxyl groups excluding tert-OH is 1. The first-order chi connectivity index (χ1) is 17.8. The minimum absolute atomic E-state index is 0.169. The third-order valence-corrected chi connectivity index (χ3v) is 7.97. The van der Waals surface area contributed by atoms with Crippen LogP contribution in [0.2, 0.25) is 0 Å². The molecule has 37 heavy (non-hydrogen) atoms. The smallest absolute Gasteiger partial charge is 0.137 e. The van der Waals surface area contributed by atoms with Crippen LogP contribution in [-0.2, 0) is 0 Å². The van der Waals surface area contributed by atoms with Gasteiger partial charge in [0.15, 0.2) is 0 Å². The summed E-state index contributed by atoms with van der Waals surface area (Å²) in [4.78, 5) is 19.1. The minimum atomic E-state index is -1.12. The number of hydrogen-bond donors (Lipinski definition) is 1. The van der Waals surface area contributed by atoms with Crippen LogP contribution in [0.1, 0.15) is 57.7 Å². The van der Waals surface area contributed by atoms with E-state index in [1.54, 1.807) is 29.3 Å². The van der Waals surface area contributed by atoms with E-state index in [9.17, 15) is 18.8 Å². The summed E-state index contributed by atoms with van der Waals surface area (Å²) in [6.07, 6.45) is 4.15. The maximum Gasteiger partial charge on any atom is 0.137 e. The van der Waals surface area contributed by atoms with Crippen LogP contribution in [0.3, 0.4) is 0 Å². The number of ether oxygens (including phenoxy) is 1. The van der Waals surface area contributed by atoms with Gasteiger partial charge < -0.3 is 14.7 Å². The van der Waals surface area contributed by atoms with E-state index in [1.165, 1.54) is 6.07 Å². The Bertz CT molecular complexity index is 1030. The molecule has 3 heterocycles. The molecule has 0 amide bonds. The molecule has 202 valence electrons. The highest BCUT2D eigenvalue weighted by Gasteiger charge is 2.31. The molecule has 1 N–H and O–H groups in total. The summed E-state index contributed by atoms with van der Waals surface area (Å²) in [5.74, 6) is 0.559. The molecule has 2 aliphatic rings. The Morgan fingerprint density at radius 1 is 1.16 bits per heavy atom. The van der Waals surface area contributed by atoms with Crippen molar-refractivity contribution in [2.45, 2.75) is 63.9 Å². The van der Waals surface area contributed by atoms with E-state index in [0.29, 0.717) is 68.4 Å². The van der Waals surface area contributed by atoms with Crippen LogP contribution in [-0.4, -0.2) is 70.9 Å². The maximum atomic E-state index is 14.8. The molecule has 0 saturated carbocycles. The molecule has 0 radical (unpaired) electrons. The number of nitrogens with zero attached hydrogens (tertiary/aromatic N) is 4. The average Bonchev–Trinajstić information content (AvgIpc) is 3.42. The van der Waals surface area contributed by atoms with E-state index in [4.69, 9.17) is 4.74 Å².